The minimum Gasteiger partial charge on any atom is -0.486 e. The molecule has 0 aliphatic carbocycles. The molecule has 8 heteroatoms. The van der Waals surface area contributed by atoms with Crippen molar-refractivity contribution in [1.29, 1.82) is 0 Å². The van der Waals surface area contributed by atoms with Gasteiger partial charge in [0.1, 0.15) is 13.2 Å². The number of amides is 1. The molecular weight excluding hydrogens is 368 g/mol. The lowest BCUT2D eigenvalue weighted by Gasteiger charge is -2.31. The van der Waals surface area contributed by atoms with Crippen LogP contribution in [0.25, 0.3) is 0 Å². The molecule has 1 fully saturated rings. The summed E-state index contributed by atoms with van der Waals surface area (Å²) in [6.07, 6.45) is 1.06. The monoisotopic (exact) mass is 396 g/mol. The van der Waals surface area contributed by atoms with E-state index in [9.17, 15) is 13.2 Å². The highest BCUT2D eigenvalue weighted by Crippen LogP contribution is 2.34. The van der Waals surface area contributed by atoms with E-state index in [1.165, 1.54) is 10.4 Å². The minimum absolute atomic E-state index is 0.0209. The van der Waals surface area contributed by atoms with E-state index >= 15 is 0 Å². The number of rotatable bonds is 5. The van der Waals surface area contributed by atoms with Crippen molar-refractivity contribution in [2.24, 2.45) is 11.8 Å². The molecule has 27 heavy (non-hydrogen) atoms. The average molecular weight is 397 g/mol. The zero-order valence-corrected chi connectivity index (χ0v) is 16.9. The topological polar surface area (TPSA) is 84.9 Å². The van der Waals surface area contributed by atoms with Crippen LogP contribution >= 0.6 is 0 Å². The molecule has 1 N–H and O–H groups in total. The van der Waals surface area contributed by atoms with Crippen molar-refractivity contribution in [2.75, 3.05) is 26.3 Å². The number of fused-ring (bicyclic) bond motifs is 1. The lowest BCUT2D eigenvalue weighted by molar-refractivity contribution is -0.127. The number of ether oxygens (including phenoxy) is 2. The van der Waals surface area contributed by atoms with E-state index in [2.05, 4.69) is 19.2 Å². The Bertz CT molecular complexity index is 785. The maximum absolute atomic E-state index is 12.9. The van der Waals surface area contributed by atoms with Crippen molar-refractivity contribution in [1.82, 2.24) is 9.62 Å². The van der Waals surface area contributed by atoms with Gasteiger partial charge in [0.25, 0.3) is 0 Å². The zero-order valence-electron chi connectivity index (χ0n) is 16.1. The SMILES string of the molecule is CC(C)[C@@H](C)NC(=O)C1CCN(S(=O)(=O)c2ccc3c(c2)OCCO3)CC1. The van der Waals surface area contributed by atoms with Crippen molar-refractivity contribution in [3.8, 4) is 11.5 Å². The third-order valence-electron chi connectivity index (χ3n) is 5.35. The van der Waals surface area contributed by atoms with Gasteiger partial charge < -0.3 is 14.8 Å². The highest BCUT2D eigenvalue weighted by molar-refractivity contribution is 7.89. The smallest absolute Gasteiger partial charge is 0.243 e. The van der Waals surface area contributed by atoms with E-state index in [-0.39, 0.29) is 22.8 Å². The van der Waals surface area contributed by atoms with E-state index in [0.717, 1.165) is 0 Å². The summed E-state index contributed by atoms with van der Waals surface area (Å²) >= 11 is 0. The second kappa shape index (κ2) is 8.06. The number of carbonyl (C=O) groups is 1. The highest BCUT2D eigenvalue weighted by atomic mass is 32.2. The van der Waals surface area contributed by atoms with E-state index in [1.807, 2.05) is 6.92 Å². The number of carbonyl (C=O) groups excluding carboxylic acids is 1. The second-order valence-corrected chi connectivity index (χ2v) is 9.46. The molecule has 0 spiro atoms. The van der Waals surface area contributed by atoms with E-state index in [1.54, 1.807) is 12.1 Å². The van der Waals surface area contributed by atoms with Gasteiger partial charge in [-0.25, -0.2) is 8.42 Å². The van der Waals surface area contributed by atoms with E-state index in [0.29, 0.717) is 56.6 Å². The fourth-order valence-electron chi connectivity index (χ4n) is 3.20. The number of piperidine rings is 1. The zero-order chi connectivity index (χ0) is 19.6. The van der Waals surface area contributed by atoms with Crippen LogP contribution in [0.5, 0.6) is 11.5 Å². The summed E-state index contributed by atoms with van der Waals surface area (Å²) in [4.78, 5) is 12.6. The molecule has 1 aromatic rings. The predicted octanol–water partition coefficient (Wildman–Crippen LogP) is 2.02. The Hall–Kier alpha value is -1.80. The fourth-order valence-corrected chi connectivity index (χ4v) is 4.69. The molecule has 1 saturated heterocycles. The average Bonchev–Trinajstić information content (AvgIpc) is 2.67. The Morgan fingerprint density at radius 2 is 1.74 bits per heavy atom. The van der Waals surface area contributed by atoms with Gasteiger partial charge in [-0.05, 0) is 37.8 Å². The van der Waals surface area contributed by atoms with Gasteiger partial charge in [0.15, 0.2) is 11.5 Å². The minimum atomic E-state index is -3.62. The molecule has 1 amide bonds. The van der Waals surface area contributed by atoms with Gasteiger partial charge in [-0.15, -0.1) is 0 Å². The van der Waals surface area contributed by atoms with E-state index < -0.39 is 10.0 Å². The Morgan fingerprint density at radius 1 is 1.11 bits per heavy atom. The molecule has 1 atom stereocenters. The van der Waals surface area contributed by atoms with Crippen molar-refractivity contribution >= 4 is 15.9 Å². The lowest BCUT2D eigenvalue weighted by atomic mass is 9.96. The molecule has 1 aromatic carbocycles. The van der Waals surface area contributed by atoms with Crippen LogP contribution in [0.4, 0.5) is 0 Å². The van der Waals surface area contributed by atoms with Gasteiger partial charge in [0.05, 0.1) is 4.90 Å². The fraction of sp³-hybridized carbons (Fsp3) is 0.632. The quantitative estimate of drug-likeness (QED) is 0.823. The van der Waals surface area contributed by atoms with Gasteiger partial charge in [0.2, 0.25) is 15.9 Å². The molecule has 0 bridgehead atoms. The molecule has 0 unspecified atom stereocenters. The number of hydrogen-bond acceptors (Lipinski definition) is 5. The summed E-state index contributed by atoms with van der Waals surface area (Å²) < 4.78 is 38.3. The standard InChI is InChI=1S/C19H28N2O5S/c1-13(2)14(3)20-19(22)15-6-8-21(9-7-15)27(23,24)16-4-5-17-18(12-16)26-11-10-25-17/h4-5,12-15H,6-11H2,1-3H3,(H,20,22)/t14-/m1/s1. The first-order valence-corrected chi connectivity index (χ1v) is 10.9. The van der Waals surface area contributed by atoms with Gasteiger partial charge in [-0.2, -0.15) is 4.31 Å². The second-order valence-electron chi connectivity index (χ2n) is 7.53. The normalized spacial score (nSPS) is 19.7. The van der Waals surface area contributed by atoms with E-state index in [4.69, 9.17) is 9.47 Å². The maximum Gasteiger partial charge on any atom is 0.243 e. The van der Waals surface area contributed by atoms with Crippen LogP contribution in [0.15, 0.2) is 23.1 Å². The lowest BCUT2D eigenvalue weighted by Crippen LogP contribution is -2.45. The molecule has 3 rings (SSSR count). The summed E-state index contributed by atoms with van der Waals surface area (Å²) in [5, 5.41) is 3.03. The van der Waals surface area contributed by atoms with Crippen LogP contribution in [0, 0.1) is 11.8 Å². The first-order chi connectivity index (χ1) is 12.8. The predicted molar refractivity (Wildman–Crippen MR) is 101 cm³/mol. The first-order valence-electron chi connectivity index (χ1n) is 9.49. The number of hydrogen-bond donors (Lipinski definition) is 1. The van der Waals surface area contributed by atoms with Gasteiger partial charge in [-0.3, -0.25) is 4.79 Å². The van der Waals surface area contributed by atoms with Crippen LogP contribution < -0.4 is 14.8 Å². The van der Waals surface area contributed by atoms with Crippen LogP contribution in [0.1, 0.15) is 33.6 Å². The summed E-state index contributed by atoms with van der Waals surface area (Å²) in [6.45, 7) is 7.66. The molecule has 2 aliphatic rings. The third kappa shape index (κ3) is 4.38. The van der Waals surface area contributed by atoms with Gasteiger partial charge in [-0.1, -0.05) is 13.8 Å². The number of nitrogens with one attached hydrogen (secondary N) is 1. The molecule has 150 valence electrons. The van der Waals surface area contributed by atoms with Gasteiger partial charge in [0, 0.05) is 31.1 Å². The van der Waals surface area contributed by atoms with Crippen LogP contribution in [-0.4, -0.2) is 51.0 Å². The highest BCUT2D eigenvalue weighted by Gasteiger charge is 2.33. The summed E-state index contributed by atoms with van der Waals surface area (Å²) in [5.74, 6) is 1.27. The Kier molecular flexibility index (Phi) is 5.95. The number of benzene rings is 1. The van der Waals surface area contributed by atoms with Gasteiger partial charge >= 0.3 is 0 Å². The molecule has 0 aromatic heterocycles. The van der Waals surface area contributed by atoms with Crippen LogP contribution in [-0.2, 0) is 14.8 Å². The molecule has 0 radical (unpaired) electrons. The molecule has 2 heterocycles. The van der Waals surface area contributed by atoms with Crippen molar-refractivity contribution in [3.63, 3.8) is 0 Å². The third-order valence-corrected chi connectivity index (χ3v) is 7.24. The summed E-state index contributed by atoms with van der Waals surface area (Å²) in [7, 11) is -3.62. The van der Waals surface area contributed by atoms with Crippen molar-refractivity contribution in [3.05, 3.63) is 18.2 Å². The maximum atomic E-state index is 12.9. The molecule has 0 saturated carbocycles. The molecule has 2 aliphatic heterocycles. The molecular formula is C19H28N2O5S. The van der Waals surface area contributed by atoms with Crippen LogP contribution in [0.2, 0.25) is 0 Å². The Morgan fingerprint density at radius 3 is 2.37 bits per heavy atom. The number of nitrogens with zero attached hydrogens (tertiary/aromatic N) is 1. The van der Waals surface area contributed by atoms with Crippen LogP contribution in [0.3, 0.4) is 0 Å². The molecule has 7 nitrogen and oxygen atoms in total. The first kappa shape index (κ1) is 19.9. The van der Waals surface area contributed by atoms with Crippen molar-refractivity contribution < 1.29 is 22.7 Å². The Balaban J connectivity index is 1.64. The summed E-state index contributed by atoms with van der Waals surface area (Å²) in [6, 6.07) is 4.81. The summed E-state index contributed by atoms with van der Waals surface area (Å²) in [5.41, 5.74) is 0. The number of sulfonamides is 1. The van der Waals surface area contributed by atoms with Crippen molar-refractivity contribution in [2.45, 2.75) is 44.6 Å². The largest absolute Gasteiger partial charge is 0.486 e. The Labute approximate surface area is 161 Å².